The fourth-order valence-electron chi connectivity index (χ4n) is 2.51. The molecule has 3 fully saturated rings. The van der Waals surface area contributed by atoms with Gasteiger partial charge < -0.3 is 4.74 Å². The van der Waals surface area contributed by atoms with Gasteiger partial charge in [0.15, 0.2) is 0 Å². The van der Waals surface area contributed by atoms with Gasteiger partial charge in [-0.2, -0.15) is 0 Å². The Morgan fingerprint density at radius 3 is 2.08 bits per heavy atom. The summed E-state index contributed by atoms with van der Waals surface area (Å²) < 4.78 is 5.53. The lowest BCUT2D eigenvalue weighted by Gasteiger charge is -2.15. The highest BCUT2D eigenvalue weighted by atomic mass is 32.2. The van der Waals surface area contributed by atoms with Gasteiger partial charge in [-0.05, 0) is 24.6 Å². The zero-order valence-electron chi connectivity index (χ0n) is 6.36. The Kier molecular flexibility index (Phi) is 1.25. The van der Waals surface area contributed by atoms with Crippen molar-refractivity contribution in [1.82, 2.24) is 0 Å². The third kappa shape index (κ3) is 0.677. The van der Waals surface area contributed by atoms with Crippen LogP contribution in [-0.2, 0) is 14.3 Å². The van der Waals surface area contributed by atoms with Gasteiger partial charge in [-0.1, -0.05) is 0 Å². The van der Waals surface area contributed by atoms with Crippen LogP contribution in [0.15, 0.2) is 0 Å². The first-order valence-corrected chi connectivity index (χ1v) is 5.00. The zero-order valence-corrected chi connectivity index (χ0v) is 7.17. The third-order valence-corrected chi connectivity index (χ3v) is 3.97. The van der Waals surface area contributed by atoms with E-state index >= 15 is 0 Å². The fraction of sp³-hybridized carbons (Fsp3) is 0.750. The van der Waals surface area contributed by atoms with Crippen LogP contribution in [0.4, 0.5) is 0 Å². The number of carbonyl (C=O) groups is 2. The zero-order chi connectivity index (χ0) is 8.29. The molecular weight excluding hydrogens is 176 g/mol. The fourth-order valence-corrected chi connectivity index (χ4v) is 3.58. The second-order valence-corrected chi connectivity index (χ2v) is 4.59. The van der Waals surface area contributed by atoms with Crippen molar-refractivity contribution in [2.45, 2.75) is 25.0 Å². The maximum atomic E-state index is 11.3. The molecule has 3 aliphatic rings. The Bertz CT molecular complexity index is 249. The minimum absolute atomic E-state index is 0.0391. The standard InChI is InChI=1S/C8H8O3S/c9-7-5-3-1-2-4(11-3)6(5)8(10)12-7/h3-6H,1-2H2. The van der Waals surface area contributed by atoms with E-state index in [9.17, 15) is 9.59 Å². The predicted octanol–water partition coefficient (Wildman–Crippen LogP) is 0.580. The van der Waals surface area contributed by atoms with E-state index in [4.69, 9.17) is 4.74 Å². The van der Waals surface area contributed by atoms with Crippen LogP contribution in [0.25, 0.3) is 0 Å². The van der Waals surface area contributed by atoms with Crippen molar-refractivity contribution >= 4 is 22.0 Å². The highest BCUT2D eigenvalue weighted by molar-refractivity contribution is 8.26. The summed E-state index contributed by atoms with van der Waals surface area (Å²) in [4.78, 5) is 22.6. The predicted molar refractivity (Wildman–Crippen MR) is 42.5 cm³/mol. The molecule has 0 saturated carbocycles. The summed E-state index contributed by atoms with van der Waals surface area (Å²) in [6, 6.07) is 0. The van der Waals surface area contributed by atoms with Crippen molar-refractivity contribution in [1.29, 1.82) is 0 Å². The Hall–Kier alpha value is -0.350. The van der Waals surface area contributed by atoms with Crippen LogP contribution in [0.2, 0.25) is 0 Å². The van der Waals surface area contributed by atoms with Crippen molar-refractivity contribution in [3.8, 4) is 0 Å². The first-order chi connectivity index (χ1) is 5.77. The summed E-state index contributed by atoms with van der Waals surface area (Å²) in [5, 5.41) is 0.0781. The summed E-state index contributed by atoms with van der Waals surface area (Å²) in [5.41, 5.74) is 0. The first-order valence-electron chi connectivity index (χ1n) is 4.18. The van der Waals surface area contributed by atoms with Gasteiger partial charge in [0.1, 0.15) is 0 Å². The number of ether oxygens (including phenoxy) is 1. The lowest BCUT2D eigenvalue weighted by Crippen LogP contribution is -2.29. The Morgan fingerprint density at radius 2 is 1.58 bits per heavy atom. The molecule has 64 valence electrons. The number of carbonyl (C=O) groups excluding carboxylic acids is 2. The van der Waals surface area contributed by atoms with Gasteiger partial charge in [-0.25, -0.2) is 0 Å². The topological polar surface area (TPSA) is 43.4 Å². The Balaban J connectivity index is 2.03. The van der Waals surface area contributed by atoms with E-state index in [1.54, 1.807) is 0 Å². The Morgan fingerprint density at radius 1 is 1.08 bits per heavy atom. The molecule has 12 heavy (non-hydrogen) atoms. The van der Waals surface area contributed by atoms with Crippen molar-refractivity contribution in [2.75, 3.05) is 0 Å². The molecule has 0 spiro atoms. The van der Waals surface area contributed by atoms with Gasteiger partial charge in [0.25, 0.3) is 0 Å². The second-order valence-electron chi connectivity index (χ2n) is 3.58. The van der Waals surface area contributed by atoms with Crippen molar-refractivity contribution in [3.63, 3.8) is 0 Å². The number of fused-ring (bicyclic) bond motifs is 5. The van der Waals surface area contributed by atoms with Crippen LogP contribution >= 0.6 is 11.8 Å². The van der Waals surface area contributed by atoms with Crippen LogP contribution in [0, 0.1) is 11.8 Å². The number of rotatable bonds is 0. The SMILES string of the molecule is O=C1SC(=O)C2C3CCC(O3)C12. The van der Waals surface area contributed by atoms with Gasteiger partial charge in [0, 0.05) is 0 Å². The molecule has 4 atom stereocenters. The minimum Gasteiger partial charge on any atom is -0.373 e. The van der Waals surface area contributed by atoms with E-state index < -0.39 is 0 Å². The van der Waals surface area contributed by atoms with E-state index in [1.807, 2.05) is 0 Å². The molecule has 2 bridgehead atoms. The van der Waals surface area contributed by atoms with Crippen LogP contribution in [0.5, 0.6) is 0 Å². The molecule has 0 aromatic heterocycles. The van der Waals surface area contributed by atoms with Crippen LogP contribution < -0.4 is 0 Å². The van der Waals surface area contributed by atoms with Gasteiger partial charge in [0.2, 0.25) is 10.2 Å². The number of thioether (sulfide) groups is 1. The van der Waals surface area contributed by atoms with Crippen LogP contribution in [0.3, 0.4) is 0 Å². The molecule has 3 aliphatic heterocycles. The van der Waals surface area contributed by atoms with Crippen molar-refractivity contribution in [3.05, 3.63) is 0 Å². The molecular formula is C8H8O3S. The van der Waals surface area contributed by atoms with Gasteiger partial charge >= 0.3 is 0 Å². The molecule has 0 N–H and O–H groups in total. The molecule has 4 heteroatoms. The summed E-state index contributed by atoms with van der Waals surface area (Å²) in [7, 11) is 0. The molecule has 0 amide bonds. The lowest BCUT2D eigenvalue weighted by molar-refractivity contribution is -0.119. The largest absolute Gasteiger partial charge is 0.373 e. The third-order valence-electron chi connectivity index (χ3n) is 3.02. The van der Waals surface area contributed by atoms with Crippen molar-refractivity contribution in [2.24, 2.45) is 11.8 Å². The summed E-state index contributed by atoms with van der Waals surface area (Å²) >= 11 is 0.902. The second kappa shape index (κ2) is 2.12. The molecule has 0 aliphatic carbocycles. The number of hydrogen-bond donors (Lipinski definition) is 0. The normalized spacial score (nSPS) is 50.3. The highest BCUT2D eigenvalue weighted by Crippen LogP contribution is 2.51. The van der Waals surface area contributed by atoms with E-state index in [0.717, 1.165) is 24.6 Å². The number of hydrogen-bond acceptors (Lipinski definition) is 4. The van der Waals surface area contributed by atoms with Gasteiger partial charge in [-0.3, -0.25) is 9.59 Å². The van der Waals surface area contributed by atoms with E-state index in [-0.39, 0.29) is 34.3 Å². The average molecular weight is 184 g/mol. The maximum absolute atomic E-state index is 11.3. The Labute approximate surface area is 73.8 Å². The van der Waals surface area contributed by atoms with Gasteiger partial charge in [0.05, 0.1) is 24.0 Å². The van der Waals surface area contributed by atoms with E-state index in [0.29, 0.717) is 0 Å². The van der Waals surface area contributed by atoms with Crippen LogP contribution in [-0.4, -0.2) is 22.4 Å². The average Bonchev–Trinajstić information content (AvgIpc) is 2.64. The van der Waals surface area contributed by atoms with Crippen molar-refractivity contribution < 1.29 is 14.3 Å². The minimum atomic E-state index is -0.0961. The van der Waals surface area contributed by atoms with Gasteiger partial charge in [-0.15, -0.1) is 0 Å². The molecule has 4 unspecified atom stereocenters. The van der Waals surface area contributed by atoms with Crippen LogP contribution in [0.1, 0.15) is 12.8 Å². The smallest absolute Gasteiger partial charge is 0.202 e. The first kappa shape index (κ1) is 7.09. The molecule has 3 rings (SSSR count). The highest BCUT2D eigenvalue weighted by Gasteiger charge is 2.59. The molecule has 0 radical (unpaired) electrons. The lowest BCUT2D eigenvalue weighted by atomic mass is 9.81. The monoisotopic (exact) mass is 184 g/mol. The summed E-state index contributed by atoms with van der Waals surface area (Å²) in [6.07, 6.45) is 2.05. The quantitative estimate of drug-likeness (QED) is 0.552. The molecule has 3 nitrogen and oxygen atoms in total. The molecule has 3 saturated heterocycles. The van der Waals surface area contributed by atoms with E-state index in [2.05, 4.69) is 0 Å². The molecule has 0 aromatic rings. The maximum Gasteiger partial charge on any atom is 0.202 e. The van der Waals surface area contributed by atoms with E-state index in [1.165, 1.54) is 0 Å². The summed E-state index contributed by atoms with van der Waals surface area (Å²) in [6.45, 7) is 0. The molecule has 0 aromatic carbocycles. The summed E-state index contributed by atoms with van der Waals surface area (Å²) in [5.74, 6) is -0.192. The molecule has 3 heterocycles.